The molecule has 0 bridgehead atoms. The van der Waals surface area contributed by atoms with Crippen LogP contribution in [0.1, 0.15) is 32.3 Å². The van der Waals surface area contributed by atoms with Crippen LogP contribution in [0.3, 0.4) is 0 Å². The van der Waals surface area contributed by atoms with Crippen molar-refractivity contribution in [1.29, 1.82) is 5.26 Å². The molecule has 23 heavy (non-hydrogen) atoms. The molecule has 0 saturated carbocycles. The van der Waals surface area contributed by atoms with E-state index in [4.69, 9.17) is 9.47 Å². The number of nitrogens with zero attached hydrogens (tertiary/aromatic N) is 2. The number of hydrogen-bond donors (Lipinski definition) is 0. The molecule has 0 aromatic heterocycles. The van der Waals surface area contributed by atoms with Crippen molar-refractivity contribution in [3.8, 4) is 17.6 Å². The minimum Gasteiger partial charge on any atom is -0.486 e. The van der Waals surface area contributed by atoms with Gasteiger partial charge in [-0.15, -0.1) is 0 Å². The van der Waals surface area contributed by atoms with Gasteiger partial charge >= 0.3 is 0 Å². The summed E-state index contributed by atoms with van der Waals surface area (Å²) in [5, 5.41) is 9.43. The van der Waals surface area contributed by atoms with Crippen molar-refractivity contribution >= 4 is 5.91 Å². The molecule has 1 unspecified atom stereocenters. The maximum absolute atomic E-state index is 12.6. The van der Waals surface area contributed by atoms with E-state index in [1.165, 1.54) is 0 Å². The number of carbonyl (C=O) groups excluding carboxylic acids is 1. The Morgan fingerprint density at radius 3 is 2.48 bits per heavy atom. The molecule has 5 heteroatoms. The first-order valence-corrected chi connectivity index (χ1v) is 8.26. The number of carbonyl (C=O) groups is 1. The predicted molar refractivity (Wildman–Crippen MR) is 87.4 cm³/mol. The second-order valence-corrected chi connectivity index (χ2v) is 5.69. The molecule has 1 heterocycles. The van der Waals surface area contributed by atoms with E-state index in [-0.39, 0.29) is 5.91 Å². The predicted octanol–water partition coefficient (Wildman–Crippen LogP) is 2.79. The Morgan fingerprint density at radius 2 is 1.87 bits per heavy atom. The van der Waals surface area contributed by atoms with E-state index in [0.717, 1.165) is 24.2 Å². The van der Waals surface area contributed by atoms with Crippen LogP contribution in [-0.4, -0.2) is 37.1 Å². The average Bonchev–Trinajstić information content (AvgIpc) is 2.58. The largest absolute Gasteiger partial charge is 0.486 e. The summed E-state index contributed by atoms with van der Waals surface area (Å²) in [7, 11) is 0. The fraction of sp³-hybridized carbons (Fsp3) is 0.556. The Morgan fingerprint density at radius 1 is 1.22 bits per heavy atom. The molecule has 5 nitrogen and oxygen atoms in total. The number of amides is 1. The molecule has 1 aliphatic rings. The van der Waals surface area contributed by atoms with Crippen LogP contribution in [0.2, 0.25) is 0 Å². The smallest absolute Gasteiger partial charge is 0.240 e. The van der Waals surface area contributed by atoms with Crippen molar-refractivity contribution in [1.82, 2.24) is 4.90 Å². The summed E-state index contributed by atoms with van der Waals surface area (Å²) in [4.78, 5) is 14.4. The van der Waals surface area contributed by atoms with E-state index in [0.29, 0.717) is 38.5 Å². The van der Waals surface area contributed by atoms with E-state index in [9.17, 15) is 10.1 Å². The molecular weight excluding hydrogens is 292 g/mol. The molecular formula is C18H24N2O3. The van der Waals surface area contributed by atoms with Gasteiger partial charge in [0.05, 0.1) is 6.07 Å². The van der Waals surface area contributed by atoms with Gasteiger partial charge in [-0.2, -0.15) is 5.26 Å². The van der Waals surface area contributed by atoms with Gasteiger partial charge in [0.25, 0.3) is 0 Å². The summed E-state index contributed by atoms with van der Waals surface area (Å²) in [6, 6.07) is 7.78. The number of rotatable bonds is 7. The summed E-state index contributed by atoms with van der Waals surface area (Å²) in [6.07, 6.45) is 2.19. The van der Waals surface area contributed by atoms with Gasteiger partial charge in [0.1, 0.15) is 19.1 Å². The van der Waals surface area contributed by atoms with Crippen LogP contribution in [0.15, 0.2) is 18.2 Å². The molecule has 0 spiro atoms. The van der Waals surface area contributed by atoms with E-state index in [2.05, 4.69) is 6.07 Å². The number of benzene rings is 1. The monoisotopic (exact) mass is 316 g/mol. The third kappa shape index (κ3) is 4.38. The molecule has 0 aliphatic carbocycles. The molecule has 1 aromatic rings. The lowest BCUT2D eigenvalue weighted by Crippen LogP contribution is -2.37. The Balaban J connectivity index is 2.09. The zero-order valence-electron chi connectivity index (χ0n) is 13.9. The first-order valence-electron chi connectivity index (χ1n) is 8.26. The Bertz CT molecular complexity index is 574. The van der Waals surface area contributed by atoms with Crippen molar-refractivity contribution in [3.63, 3.8) is 0 Å². The highest BCUT2D eigenvalue weighted by Gasteiger charge is 2.24. The van der Waals surface area contributed by atoms with Gasteiger partial charge in [-0.1, -0.05) is 19.9 Å². The quantitative estimate of drug-likeness (QED) is 0.776. The minimum absolute atomic E-state index is 0.0777. The van der Waals surface area contributed by atoms with Crippen LogP contribution in [0, 0.1) is 17.2 Å². The van der Waals surface area contributed by atoms with Crippen molar-refractivity contribution in [3.05, 3.63) is 23.8 Å². The molecule has 1 atom stereocenters. The van der Waals surface area contributed by atoms with Crippen LogP contribution in [-0.2, 0) is 11.2 Å². The summed E-state index contributed by atoms with van der Waals surface area (Å²) in [5.74, 6) is 0.678. The lowest BCUT2D eigenvalue weighted by atomic mass is 9.98. The van der Waals surface area contributed by atoms with Gasteiger partial charge in [0, 0.05) is 13.1 Å². The van der Waals surface area contributed by atoms with E-state index in [1.54, 1.807) is 4.90 Å². The van der Waals surface area contributed by atoms with Gasteiger partial charge in [0.15, 0.2) is 11.5 Å². The van der Waals surface area contributed by atoms with Crippen molar-refractivity contribution in [2.24, 2.45) is 5.92 Å². The molecule has 1 aliphatic heterocycles. The minimum atomic E-state index is -0.657. The molecule has 2 rings (SSSR count). The maximum atomic E-state index is 12.6. The maximum Gasteiger partial charge on any atom is 0.240 e. The van der Waals surface area contributed by atoms with E-state index >= 15 is 0 Å². The SMILES string of the molecule is CCCN(CCC)C(=O)C(C#N)Cc1ccc2c(c1)OCCO2. The third-order valence-electron chi connectivity index (χ3n) is 3.80. The van der Waals surface area contributed by atoms with Crippen molar-refractivity contribution < 1.29 is 14.3 Å². The van der Waals surface area contributed by atoms with Crippen LogP contribution in [0.4, 0.5) is 0 Å². The summed E-state index contributed by atoms with van der Waals surface area (Å²) in [6.45, 7) is 6.56. The van der Waals surface area contributed by atoms with Crippen LogP contribution < -0.4 is 9.47 Å². The van der Waals surface area contributed by atoms with Crippen molar-refractivity contribution in [2.75, 3.05) is 26.3 Å². The standard InChI is InChI=1S/C18H24N2O3/c1-3-7-20(8-4-2)18(21)15(13-19)11-14-5-6-16-17(12-14)23-10-9-22-16/h5-6,12,15H,3-4,7-11H2,1-2H3. The Labute approximate surface area is 137 Å². The number of ether oxygens (including phenoxy) is 2. The van der Waals surface area contributed by atoms with Gasteiger partial charge in [0.2, 0.25) is 5.91 Å². The third-order valence-corrected chi connectivity index (χ3v) is 3.80. The van der Waals surface area contributed by atoms with Gasteiger partial charge < -0.3 is 14.4 Å². The zero-order chi connectivity index (χ0) is 16.7. The number of fused-ring (bicyclic) bond motifs is 1. The molecule has 1 aromatic carbocycles. The fourth-order valence-corrected chi connectivity index (χ4v) is 2.73. The van der Waals surface area contributed by atoms with Crippen molar-refractivity contribution in [2.45, 2.75) is 33.1 Å². The van der Waals surface area contributed by atoms with Crippen LogP contribution in [0.5, 0.6) is 11.5 Å². The van der Waals surface area contributed by atoms with Crippen LogP contribution in [0.25, 0.3) is 0 Å². The van der Waals surface area contributed by atoms with Gasteiger partial charge in [-0.3, -0.25) is 4.79 Å². The van der Waals surface area contributed by atoms with E-state index < -0.39 is 5.92 Å². The molecule has 0 N–H and O–H groups in total. The van der Waals surface area contributed by atoms with E-state index in [1.807, 2.05) is 32.0 Å². The lowest BCUT2D eigenvalue weighted by Gasteiger charge is -2.24. The summed E-state index contributed by atoms with van der Waals surface area (Å²) < 4.78 is 11.1. The lowest BCUT2D eigenvalue weighted by molar-refractivity contribution is -0.133. The Kier molecular flexibility index (Phi) is 6.28. The summed E-state index contributed by atoms with van der Waals surface area (Å²) in [5.41, 5.74) is 0.919. The molecule has 124 valence electrons. The van der Waals surface area contributed by atoms with Gasteiger partial charge in [-0.05, 0) is 37.0 Å². The molecule has 0 saturated heterocycles. The first-order chi connectivity index (χ1) is 11.2. The zero-order valence-corrected chi connectivity index (χ0v) is 13.9. The second kappa shape index (κ2) is 8.42. The highest BCUT2D eigenvalue weighted by Crippen LogP contribution is 2.31. The Hall–Kier alpha value is -2.22. The highest BCUT2D eigenvalue weighted by atomic mass is 16.6. The second-order valence-electron chi connectivity index (χ2n) is 5.69. The highest BCUT2D eigenvalue weighted by molar-refractivity contribution is 5.81. The first kappa shape index (κ1) is 17.1. The normalized spacial score (nSPS) is 14.0. The fourth-order valence-electron chi connectivity index (χ4n) is 2.73. The molecule has 1 amide bonds. The van der Waals surface area contributed by atoms with Crippen LogP contribution >= 0.6 is 0 Å². The molecule has 0 radical (unpaired) electrons. The van der Waals surface area contributed by atoms with Gasteiger partial charge in [-0.25, -0.2) is 0 Å². The topological polar surface area (TPSA) is 62.6 Å². The number of nitriles is 1. The average molecular weight is 316 g/mol. The molecule has 0 fully saturated rings. The number of hydrogen-bond acceptors (Lipinski definition) is 4. The summed E-state index contributed by atoms with van der Waals surface area (Å²) >= 11 is 0.